The SMILES string of the molecule is C[C@H](NC(=O)NC1CCCCC1)c1ccc(Br)cc1. The maximum Gasteiger partial charge on any atom is 0.315 e. The molecule has 0 saturated heterocycles. The molecule has 0 unspecified atom stereocenters. The van der Waals surface area contributed by atoms with Crippen LogP contribution in [0.25, 0.3) is 0 Å². The Bertz CT molecular complexity index is 413. The zero-order valence-corrected chi connectivity index (χ0v) is 12.9. The number of halogens is 1. The van der Waals surface area contributed by atoms with Crippen molar-refractivity contribution in [3.8, 4) is 0 Å². The number of hydrogen-bond acceptors (Lipinski definition) is 1. The van der Waals surface area contributed by atoms with E-state index >= 15 is 0 Å². The summed E-state index contributed by atoms with van der Waals surface area (Å²) in [6.07, 6.45) is 5.98. The van der Waals surface area contributed by atoms with Crippen LogP contribution in [0.1, 0.15) is 50.6 Å². The number of amides is 2. The second kappa shape index (κ2) is 6.94. The summed E-state index contributed by atoms with van der Waals surface area (Å²) >= 11 is 3.41. The Morgan fingerprint density at radius 3 is 2.47 bits per heavy atom. The first-order valence-corrected chi connectivity index (χ1v) is 7.77. The monoisotopic (exact) mass is 324 g/mol. The van der Waals surface area contributed by atoms with Crippen LogP contribution in [0.3, 0.4) is 0 Å². The Balaban J connectivity index is 1.82. The third kappa shape index (κ3) is 4.53. The van der Waals surface area contributed by atoms with Crippen molar-refractivity contribution >= 4 is 22.0 Å². The Hall–Kier alpha value is -1.03. The Morgan fingerprint density at radius 1 is 1.21 bits per heavy atom. The number of carbonyl (C=O) groups is 1. The zero-order valence-electron chi connectivity index (χ0n) is 11.3. The molecule has 0 bridgehead atoms. The van der Waals surface area contributed by atoms with Gasteiger partial charge in [0.1, 0.15) is 0 Å². The van der Waals surface area contributed by atoms with Gasteiger partial charge in [0.25, 0.3) is 0 Å². The minimum atomic E-state index is -0.0534. The van der Waals surface area contributed by atoms with Crippen LogP contribution in [0, 0.1) is 0 Å². The number of hydrogen-bond donors (Lipinski definition) is 2. The lowest BCUT2D eigenvalue weighted by Gasteiger charge is -2.24. The molecule has 0 aromatic heterocycles. The third-order valence-corrected chi connectivity index (χ3v) is 4.19. The summed E-state index contributed by atoms with van der Waals surface area (Å²) in [6, 6.07) is 8.36. The highest BCUT2D eigenvalue weighted by Crippen LogP contribution is 2.18. The van der Waals surface area contributed by atoms with Crippen LogP contribution in [-0.2, 0) is 0 Å². The van der Waals surface area contributed by atoms with E-state index in [1.807, 2.05) is 31.2 Å². The van der Waals surface area contributed by atoms with Gasteiger partial charge in [-0.3, -0.25) is 0 Å². The summed E-state index contributed by atoms with van der Waals surface area (Å²) in [5.41, 5.74) is 1.11. The molecule has 0 spiro atoms. The smallest absolute Gasteiger partial charge is 0.315 e. The van der Waals surface area contributed by atoms with E-state index in [-0.39, 0.29) is 12.1 Å². The molecule has 3 nitrogen and oxygen atoms in total. The molecule has 1 saturated carbocycles. The van der Waals surface area contributed by atoms with Crippen LogP contribution in [0.5, 0.6) is 0 Å². The van der Waals surface area contributed by atoms with Crippen LogP contribution in [0.4, 0.5) is 4.79 Å². The second-order valence-corrected chi connectivity index (χ2v) is 6.14. The van der Waals surface area contributed by atoms with Crippen LogP contribution in [0.15, 0.2) is 28.7 Å². The first-order valence-electron chi connectivity index (χ1n) is 6.97. The van der Waals surface area contributed by atoms with E-state index in [1.54, 1.807) is 0 Å². The molecule has 104 valence electrons. The Labute approximate surface area is 123 Å². The van der Waals surface area contributed by atoms with Crippen molar-refractivity contribution in [3.63, 3.8) is 0 Å². The van der Waals surface area contributed by atoms with Gasteiger partial charge in [0.15, 0.2) is 0 Å². The molecule has 4 heteroatoms. The van der Waals surface area contributed by atoms with Crippen LogP contribution < -0.4 is 10.6 Å². The number of carbonyl (C=O) groups excluding carboxylic acids is 1. The lowest BCUT2D eigenvalue weighted by atomic mass is 9.96. The van der Waals surface area contributed by atoms with Crippen molar-refractivity contribution in [2.45, 2.75) is 51.1 Å². The van der Waals surface area contributed by atoms with E-state index in [0.29, 0.717) is 6.04 Å². The van der Waals surface area contributed by atoms with E-state index in [1.165, 1.54) is 19.3 Å². The molecule has 1 aromatic rings. The fourth-order valence-corrected chi connectivity index (χ4v) is 2.77. The van der Waals surface area contributed by atoms with Crippen molar-refractivity contribution in [2.75, 3.05) is 0 Å². The standard InChI is InChI=1S/C15H21BrN2O/c1-11(12-7-9-13(16)10-8-12)17-15(19)18-14-5-3-2-4-6-14/h7-11,14H,2-6H2,1H3,(H2,17,18,19)/t11-/m0/s1. The van der Waals surface area contributed by atoms with Gasteiger partial charge in [0.05, 0.1) is 6.04 Å². The molecule has 1 aliphatic carbocycles. The summed E-state index contributed by atoms with van der Waals surface area (Å²) in [5, 5.41) is 6.07. The summed E-state index contributed by atoms with van der Waals surface area (Å²) in [4.78, 5) is 11.9. The van der Waals surface area contributed by atoms with E-state index in [0.717, 1.165) is 22.9 Å². The summed E-state index contributed by atoms with van der Waals surface area (Å²) in [7, 11) is 0. The lowest BCUT2D eigenvalue weighted by molar-refractivity contribution is 0.229. The van der Waals surface area contributed by atoms with E-state index in [9.17, 15) is 4.79 Å². The summed E-state index contributed by atoms with van der Waals surface area (Å²) in [6.45, 7) is 2.00. The molecule has 19 heavy (non-hydrogen) atoms. The molecule has 2 rings (SSSR count). The number of urea groups is 1. The predicted octanol–water partition coefficient (Wildman–Crippen LogP) is 4.14. The van der Waals surface area contributed by atoms with Crippen LogP contribution >= 0.6 is 15.9 Å². The van der Waals surface area contributed by atoms with Gasteiger partial charge in [-0.2, -0.15) is 0 Å². The molecule has 0 aliphatic heterocycles. The second-order valence-electron chi connectivity index (χ2n) is 5.23. The minimum absolute atomic E-state index is 0.0247. The summed E-state index contributed by atoms with van der Waals surface area (Å²) in [5.74, 6) is 0. The van der Waals surface area contributed by atoms with Gasteiger partial charge in [-0.1, -0.05) is 47.3 Å². The Morgan fingerprint density at radius 2 is 1.84 bits per heavy atom. The number of nitrogens with one attached hydrogen (secondary N) is 2. The molecule has 0 radical (unpaired) electrons. The van der Waals surface area contributed by atoms with E-state index < -0.39 is 0 Å². The van der Waals surface area contributed by atoms with Gasteiger partial charge in [0, 0.05) is 10.5 Å². The van der Waals surface area contributed by atoms with Crippen molar-refractivity contribution in [1.29, 1.82) is 0 Å². The Kier molecular flexibility index (Phi) is 5.25. The zero-order chi connectivity index (χ0) is 13.7. The highest BCUT2D eigenvalue weighted by Gasteiger charge is 2.16. The molecular weight excluding hydrogens is 304 g/mol. The molecular formula is C15H21BrN2O. The van der Waals surface area contributed by atoms with Gasteiger partial charge in [-0.15, -0.1) is 0 Å². The highest BCUT2D eigenvalue weighted by atomic mass is 79.9. The first-order chi connectivity index (χ1) is 9.15. The lowest BCUT2D eigenvalue weighted by Crippen LogP contribution is -2.43. The maximum atomic E-state index is 11.9. The van der Waals surface area contributed by atoms with Crippen molar-refractivity contribution in [1.82, 2.24) is 10.6 Å². The largest absolute Gasteiger partial charge is 0.335 e. The highest BCUT2D eigenvalue weighted by molar-refractivity contribution is 9.10. The van der Waals surface area contributed by atoms with Crippen LogP contribution in [0.2, 0.25) is 0 Å². The van der Waals surface area contributed by atoms with Crippen molar-refractivity contribution < 1.29 is 4.79 Å². The molecule has 1 aliphatic rings. The molecule has 1 aromatic carbocycles. The van der Waals surface area contributed by atoms with Gasteiger partial charge < -0.3 is 10.6 Å². The van der Waals surface area contributed by atoms with Gasteiger partial charge in [0.2, 0.25) is 0 Å². The van der Waals surface area contributed by atoms with E-state index in [2.05, 4.69) is 26.6 Å². The minimum Gasteiger partial charge on any atom is -0.335 e. The molecule has 2 amide bonds. The van der Waals surface area contributed by atoms with Crippen LogP contribution in [-0.4, -0.2) is 12.1 Å². The predicted molar refractivity (Wildman–Crippen MR) is 81.1 cm³/mol. The van der Waals surface area contributed by atoms with Crippen molar-refractivity contribution in [3.05, 3.63) is 34.3 Å². The molecule has 0 heterocycles. The molecule has 1 fully saturated rings. The molecule has 1 atom stereocenters. The maximum absolute atomic E-state index is 11.9. The first kappa shape index (κ1) is 14.4. The van der Waals surface area contributed by atoms with Gasteiger partial charge in [-0.05, 0) is 37.5 Å². The van der Waals surface area contributed by atoms with Gasteiger partial charge in [-0.25, -0.2) is 4.79 Å². The fraction of sp³-hybridized carbons (Fsp3) is 0.533. The number of benzene rings is 1. The molecule has 2 N–H and O–H groups in total. The quantitative estimate of drug-likeness (QED) is 0.861. The average Bonchev–Trinajstić information content (AvgIpc) is 2.40. The average molecular weight is 325 g/mol. The normalized spacial score (nSPS) is 17.8. The van der Waals surface area contributed by atoms with Crippen molar-refractivity contribution in [2.24, 2.45) is 0 Å². The number of rotatable bonds is 3. The third-order valence-electron chi connectivity index (χ3n) is 3.66. The van der Waals surface area contributed by atoms with E-state index in [4.69, 9.17) is 0 Å². The topological polar surface area (TPSA) is 41.1 Å². The summed E-state index contributed by atoms with van der Waals surface area (Å²) < 4.78 is 1.05. The fourth-order valence-electron chi connectivity index (χ4n) is 2.51. The van der Waals surface area contributed by atoms with Gasteiger partial charge >= 0.3 is 6.03 Å².